The largest absolute Gasteiger partial charge is 0.362 e. The summed E-state index contributed by atoms with van der Waals surface area (Å²) in [6.07, 6.45) is -0.173. The molecule has 0 saturated carbocycles. The number of benzene rings is 2. The molecule has 2 aromatic carbocycles. The van der Waals surface area contributed by atoms with E-state index in [1.165, 1.54) is 12.1 Å². The second-order valence-electron chi connectivity index (χ2n) is 5.06. The molecule has 2 aromatic rings. The summed E-state index contributed by atoms with van der Waals surface area (Å²) in [6, 6.07) is 16.4. The van der Waals surface area contributed by atoms with Crippen LogP contribution in [-0.4, -0.2) is 16.5 Å². The van der Waals surface area contributed by atoms with E-state index < -0.39 is 0 Å². The van der Waals surface area contributed by atoms with Gasteiger partial charge in [-0.15, -0.1) is 0 Å². The minimum atomic E-state index is -0.280. The first-order valence-corrected chi connectivity index (χ1v) is 7.46. The second kappa shape index (κ2) is 6.15. The highest BCUT2D eigenvalue weighted by molar-refractivity contribution is 7.79. The molecule has 1 unspecified atom stereocenters. The maximum absolute atomic E-state index is 13.4. The van der Waals surface area contributed by atoms with Gasteiger partial charge in [-0.05, 0) is 25.1 Å². The van der Waals surface area contributed by atoms with E-state index in [4.69, 9.17) is 12.2 Å². The molecule has 5 heteroatoms. The van der Waals surface area contributed by atoms with E-state index in [0.29, 0.717) is 5.69 Å². The summed E-state index contributed by atoms with van der Waals surface area (Å²) in [6.45, 7) is 2.00. The van der Waals surface area contributed by atoms with Crippen molar-refractivity contribution in [1.29, 1.82) is 0 Å². The Morgan fingerprint density at radius 1 is 1.18 bits per heavy atom. The van der Waals surface area contributed by atoms with Crippen molar-refractivity contribution < 1.29 is 4.39 Å². The van der Waals surface area contributed by atoms with Crippen molar-refractivity contribution in [3.63, 3.8) is 0 Å². The third-order valence-electron chi connectivity index (χ3n) is 3.49. The Morgan fingerprint density at radius 3 is 2.64 bits per heavy atom. The van der Waals surface area contributed by atoms with Gasteiger partial charge in [0.2, 0.25) is 0 Å². The normalized spacial score (nSPS) is 17.4. The molecule has 1 atom stereocenters. The zero-order chi connectivity index (χ0) is 15.5. The summed E-state index contributed by atoms with van der Waals surface area (Å²) >= 11 is 5.12. The average Bonchev–Trinajstić information content (AvgIpc) is 2.84. The van der Waals surface area contributed by atoms with Gasteiger partial charge >= 0.3 is 0 Å². The lowest BCUT2D eigenvalue weighted by atomic mass is 10.1. The minimum Gasteiger partial charge on any atom is -0.362 e. The van der Waals surface area contributed by atoms with Crippen LogP contribution in [0.4, 0.5) is 10.1 Å². The zero-order valence-electron chi connectivity index (χ0n) is 12.1. The summed E-state index contributed by atoms with van der Waals surface area (Å²) in [5.74, 6) is -0.280. The number of nitrogens with zero attached hydrogens (tertiary/aromatic N) is 1. The number of anilines is 1. The van der Waals surface area contributed by atoms with E-state index in [2.05, 4.69) is 10.7 Å². The van der Waals surface area contributed by atoms with Gasteiger partial charge in [-0.1, -0.05) is 48.6 Å². The first-order chi connectivity index (χ1) is 10.7. The van der Waals surface area contributed by atoms with Gasteiger partial charge in [0, 0.05) is 16.6 Å². The van der Waals surface area contributed by atoms with E-state index in [9.17, 15) is 4.39 Å². The molecule has 0 aromatic heterocycles. The Hall–Kier alpha value is -2.40. The molecule has 0 fully saturated rings. The van der Waals surface area contributed by atoms with Gasteiger partial charge in [0.15, 0.2) is 0 Å². The molecular formula is C17H16FN3S. The molecule has 0 bridgehead atoms. The molecule has 3 nitrogen and oxygen atoms in total. The molecule has 3 rings (SSSR count). The summed E-state index contributed by atoms with van der Waals surface area (Å²) in [5, 5.41) is 6.89. The SMILES string of the molecule is CC1=C(c2ccccc2)N(Nc2cccc(F)c2)C(C=S)N1. The number of hydrogen-bond donors (Lipinski definition) is 2. The lowest BCUT2D eigenvalue weighted by molar-refractivity contribution is 0.428. The van der Waals surface area contributed by atoms with Crippen LogP contribution in [0.2, 0.25) is 0 Å². The Bertz CT molecular complexity index is 715. The summed E-state index contributed by atoms with van der Waals surface area (Å²) < 4.78 is 13.4. The Balaban J connectivity index is 1.96. The van der Waals surface area contributed by atoms with Gasteiger partial charge in [-0.25, -0.2) is 4.39 Å². The summed E-state index contributed by atoms with van der Waals surface area (Å²) in [5.41, 5.74) is 6.99. The third kappa shape index (κ3) is 2.80. The molecule has 1 aliphatic heterocycles. The fourth-order valence-electron chi connectivity index (χ4n) is 2.54. The zero-order valence-corrected chi connectivity index (χ0v) is 12.9. The molecule has 0 aliphatic carbocycles. The molecule has 22 heavy (non-hydrogen) atoms. The van der Waals surface area contributed by atoms with E-state index in [1.807, 2.05) is 48.3 Å². The molecular weight excluding hydrogens is 297 g/mol. The number of rotatable bonds is 4. The number of thiocarbonyl (C=S) groups is 1. The Labute approximate surface area is 134 Å². The average molecular weight is 313 g/mol. The third-order valence-corrected chi connectivity index (χ3v) is 3.75. The first kappa shape index (κ1) is 14.5. The van der Waals surface area contributed by atoms with Crippen molar-refractivity contribution in [3.8, 4) is 0 Å². The molecule has 0 amide bonds. The number of nitrogens with one attached hydrogen (secondary N) is 2. The van der Waals surface area contributed by atoms with Crippen LogP contribution in [0.15, 0.2) is 60.3 Å². The van der Waals surface area contributed by atoms with E-state index in [1.54, 1.807) is 11.4 Å². The monoisotopic (exact) mass is 313 g/mol. The Kier molecular flexibility index (Phi) is 4.06. The molecule has 112 valence electrons. The van der Waals surface area contributed by atoms with Crippen molar-refractivity contribution in [2.45, 2.75) is 13.1 Å². The molecule has 0 radical (unpaired) electrons. The highest BCUT2D eigenvalue weighted by Gasteiger charge is 2.29. The van der Waals surface area contributed by atoms with Crippen LogP contribution < -0.4 is 10.7 Å². The number of hydrazine groups is 1. The molecule has 1 heterocycles. The van der Waals surface area contributed by atoms with Crippen molar-refractivity contribution in [2.24, 2.45) is 0 Å². The predicted molar refractivity (Wildman–Crippen MR) is 91.5 cm³/mol. The van der Waals surface area contributed by atoms with Gasteiger partial charge in [0.1, 0.15) is 12.0 Å². The second-order valence-corrected chi connectivity index (χ2v) is 5.33. The van der Waals surface area contributed by atoms with Gasteiger partial charge in [0.05, 0.1) is 11.4 Å². The summed E-state index contributed by atoms with van der Waals surface area (Å²) in [4.78, 5) is 0. The van der Waals surface area contributed by atoms with Crippen LogP contribution in [-0.2, 0) is 0 Å². The van der Waals surface area contributed by atoms with Gasteiger partial charge < -0.3 is 5.32 Å². The Morgan fingerprint density at radius 2 is 1.95 bits per heavy atom. The molecule has 2 N–H and O–H groups in total. The van der Waals surface area contributed by atoms with Crippen LogP contribution in [0, 0.1) is 5.82 Å². The molecule has 0 saturated heterocycles. The smallest absolute Gasteiger partial charge is 0.148 e. The number of hydrogen-bond acceptors (Lipinski definition) is 4. The maximum Gasteiger partial charge on any atom is 0.148 e. The molecule has 1 aliphatic rings. The van der Waals surface area contributed by atoms with Gasteiger partial charge in [-0.3, -0.25) is 10.4 Å². The quantitative estimate of drug-likeness (QED) is 0.840. The highest BCUT2D eigenvalue weighted by atomic mass is 32.1. The lowest BCUT2D eigenvalue weighted by Crippen LogP contribution is -2.41. The number of halogens is 1. The first-order valence-electron chi connectivity index (χ1n) is 6.98. The molecule has 0 spiro atoms. The highest BCUT2D eigenvalue weighted by Crippen LogP contribution is 2.29. The van der Waals surface area contributed by atoms with Crippen molar-refractivity contribution in [2.75, 3.05) is 5.43 Å². The van der Waals surface area contributed by atoms with E-state index in [-0.39, 0.29) is 12.0 Å². The van der Waals surface area contributed by atoms with Crippen molar-refractivity contribution in [3.05, 3.63) is 71.7 Å². The standard InChI is InChI=1S/C17H16FN3S/c1-12-17(13-6-3-2-4-7-13)21(16(11-22)19-12)20-15-9-5-8-14(18)10-15/h2-11,16,19-20H,1H3. The van der Waals surface area contributed by atoms with Crippen LogP contribution >= 0.6 is 12.2 Å². The fraction of sp³-hybridized carbons (Fsp3) is 0.118. The maximum atomic E-state index is 13.4. The van der Waals surface area contributed by atoms with Gasteiger partial charge in [0.25, 0.3) is 0 Å². The van der Waals surface area contributed by atoms with Crippen LogP contribution in [0.5, 0.6) is 0 Å². The predicted octanol–water partition coefficient (Wildman–Crippen LogP) is 3.77. The van der Waals surface area contributed by atoms with Crippen LogP contribution in [0.3, 0.4) is 0 Å². The van der Waals surface area contributed by atoms with Crippen LogP contribution in [0.25, 0.3) is 5.70 Å². The van der Waals surface area contributed by atoms with E-state index >= 15 is 0 Å². The fourth-order valence-corrected chi connectivity index (χ4v) is 2.73. The van der Waals surface area contributed by atoms with Crippen molar-refractivity contribution in [1.82, 2.24) is 10.3 Å². The minimum absolute atomic E-state index is 0.173. The lowest BCUT2D eigenvalue weighted by Gasteiger charge is -2.28. The summed E-state index contributed by atoms with van der Waals surface area (Å²) in [7, 11) is 0. The topological polar surface area (TPSA) is 27.3 Å². The van der Waals surface area contributed by atoms with Crippen molar-refractivity contribution >= 4 is 29.0 Å². The van der Waals surface area contributed by atoms with Gasteiger partial charge in [-0.2, -0.15) is 0 Å². The van der Waals surface area contributed by atoms with Crippen LogP contribution in [0.1, 0.15) is 12.5 Å². The number of allylic oxidation sites excluding steroid dienone is 1. The van der Waals surface area contributed by atoms with E-state index in [0.717, 1.165) is 17.0 Å².